The second kappa shape index (κ2) is 7.90. The molecule has 1 N–H and O–H groups in total. The van der Waals surface area contributed by atoms with Gasteiger partial charge in [0.25, 0.3) is 0 Å². The number of nitrogens with one attached hydrogen (secondary N) is 1. The van der Waals surface area contributed by atoms with Gasteiger partial charge in [-0.05, 0) is 23.6 Å². The summed E-state index contributed by atoms with van der Waals surface area (Å²) in [6.07, 6.45) is 0.206. The quantitative estimate of drug-likeness (QED) is 0.724. The maximum Gasteiger partial charge on any atom is 0.229 e. The third-order valence-corrected chi connectivity index (χ3v) is 5.63. The molecule has 2 heterocycles. The van der Waals surface area contributed by atoms with Crippen molar-refractivity contribution in [3.8, 4) is 11.1 Å². The first-order valence-corrected chi connectivity index (χ1v) is 9.94. The Bertz CT molecular complexity index is 985. The predicted octanol–water partition coefficient (Wildman–Crippen LogP) is 3.18. The lowest BCUT2D eigenvalue weighted by Gasteiger charge is -2.13. The fourth-order valence-corrected chi connectivity index (χ4v) is 3.96. The molecule has 0 aliphatic carbocycles. The van der Waals surface area contributed by atoms with E-state index in [9.17, 15) is 9.59 Å². The minimum absolute atomic E-state index is 0.0801. The molecule has 1 aliphatic rings. The number of hydrogen-bond acceptors (Lipinski definition) is 5. The van der Waals surface area contributed by atoms with Crippen molar-refractivity contribution in [2.24, 2.45) is 5.92 Å². The lowest BCUT2D eigenvalue weighted by atomic mass is 10.0. The smallest absolute Gasteiger partial charge is 0.229 e. The summed E-state index contributed by atoms with van der Waals surface area (Å²) in [5, 5.41) is 12.3. The Balaban J connectivity index is 1.34. The molecule has 1 aromatic heterocycles. The van der Waals surface area contributed by atoms with E-state index >= 15 is 0 Å². The molecule has 0 bridgehead atoms. The van der Waals surface area contributed by atoms with E-state index in [-0.39, 0.29) is 24.2 Å². The number of benzene rings is 2. The molecule has 1 aliphatic heterocycles. The first-order valence-electron chi connectivity index (χ1n) is 9.13. The van der Waals surface area contributed by atoms with Crippen molar-refractivity contribution in [3.05, 3.63) is 65.2 Å². The standard InChI is InChI=1S/C21H20N4O2S/c1-14-23-24-21(28-14)25-13-18(11-19(25)26)20(27)22-12-15-7-9-17(10-8-15)16-5-3-2-4-6-16/h2-10,18H,11-13H2,1H3,(H,22,27). The number of hydrogen-bond donors (Lipinski definition) is 1. The Morgan fingerprint density at radius 1 is 1.11 bits per heavy atom. The van der Waals surface area contributed by atoms with Crippen LogP contribution in [0, 0.1) is 12.8 Å². The molecule has 0 radical (unpaired) electrons. The second-order valence-corrected chi connectivity index (χ2v) is 7.95. The van der Waals surface area contributed by atoms with Crippen molar-refractivity contribution in [2.75, 3.05) is 11.4 Å². The van der Waals surface area contributed by atoms with Gasteiger partial charge in [-0.15, -0.1) is 10.2 Å². The third kappa shape index (κ3) is 3.94. The summed E-state index contributed by atoms with van der Waals surface area (Å²) >= 11 is 1.36. The van der Waals surface area contributed by atoms with E-state index < -0.39 is 0 Å². The molecule has 0 saturated carbocycles. The Morgan fingerprint density at radius 3 is 2.50 bits per heavy atom. The van der Waals surface area contributed by atoms with Gasteiger partial charge in [-0.3, -0.25) is 14.5 Å². The lowest BCUT2D eigenvalue weighted by molar-refractivity contribution is -0.126. The molecule has 1 fully saturated rings. The molecule has 1 atom stereocenters. The zero-order chi connectivity index (χ0) is 19.5. The molecule has 3 aromatic rings. The summed E-state index contributed by atoms with van der Waals surface area (Å²) in [7, 11) is 0. The molecular formula is C21H20N4O2S. The van der Waals surface area contributed by atoms with Crippen LogP contribution in [0.4, 0.5) is 5.13 Å². The van der Waals surface area contributed by atoms with Crippen LogP contribution in [0.2, 0.25) is 0 Å². The Morgan fingerprint density at radius 2 is 1.82 bits per heavy atom. The topological polar surface area (TPSA) is 75.2 Å². The van der Waals surface area contributed by atoms with Crippen molar-refractivity contribution in [1.82, 2.24) is 15.5 Å². The zero-order valence-electron chi connectivity index (χ0n) is 15.5. The summed E-state index contributed by atoms with van der Waals surface area (Å²) in [5.41, 5.74) is 3.32. The van der Waals surface area contributed by atoms with Crippen molar-refractivity contribution >= 4 is 28.3 Å². The molecule has 28 heavy (non-hydrogen) atoms. The maximum atomic E-state index is 12.5. The van der Waals surface area contributed by atoms with Gasteiger partial charge in [-0.2, -0.15) is 0 Å². The van der Waals surface area contributed by atoms with E-state index in [0.29, 0.717) is 18.2 Å². The number of carbonyl (C=O) groups excluding carboxylic acids is 2. The number of aromatic nitrogens is 2. The van der Waals surface area contributed by atoms with E-state index in [1.54, 1.807) is 4.90 Å². The van der Waals surface area contributed by atoms with Gasteiger partial charge in [0.2, 0.25) is 16.9 Å². The van der Waals surface area contributed by atoms with E-state index in [1.807, 2.05) is 37.3 Å². The fraction of sp³-hybridized carbons (Fsp3) is 0.238. The van der Waals surface area contributed by atoms with Crippen LogP contribution >= 0.6 is 11.3 Å². The highest BCUT2D eigenvalue weighted by atomic mass is 32.1. The summed E-state index contributed by atoms with van der Waals surface area (Å²) in [5.74, 6) is -0.548. The van der Waals surface area contributed by atoms with E-state index in [0.717, 1.165) is 21.7 Å². The lowest BCUT2D eigenvalue weighted by Crippen LogP contribution is -2.32. The first-order chi connectivity index (χ1) is 13.6. The highest BCUT2D eigenvalue weighted by Crippen LogP contribution is 2.27. The molecule has 142 valence electrons. The predicted molar refractivity (Wildman–Crippen MR) is 109 cm³/mol. The van der Waals surface area contributed by atoms with Crippen molar-refractivity contribution in [3.63, 3.8) is 0 Å². The highest BCUT2D eigenvalue weighted by Gasteiger charge is 2.36. The van der Waals surface area contributed by atoms with Gasteiger partial charge in [0, 0.05) is 19.5 Å². The summed E-state index contributed by atoms with van der Waals surface area (Å²) < 4.78 is 0. The maximum absolute atomic E-state index is 12.5. The molecule has 7 heteroatoms. The average Bonchev–Trinajstić information content (AvgIpc) is 3.32. The van der Waals surface area contributed by atoms with Gasteiger partial charge < -0.3 is 5.32 Å². The Labute approximate surface area is 167 Å². The minimum atomic E-state index is -0.361. The van der Waals surface area contributed by atoms with Crippen LogP contribution < -0.4 is 10.2 Å². The molecule has 2 amide bonds. The number of carbonyl (C=O) groups is 2. The van der Waals surface area contributed by atoms with Gasteiger partial charge in [0.15, 0.2) is 0 Å². The molecule has 4 rings (SSSR count). The van der Waals surface area contributed by atoms with Gasteiger partial charge >= 0.3 is 0 Å². The SMILES string of the molecule is Cc1nnc(N2CC(C(=O)NCc3ccc(-c4ccccc4)cc3)CC2=O)s1. The van der Waals surface area contributed by atoms with Crippen LogP contribution in [0.3, 0.4) is 0 Å². The minimum Gasteiger partial charge on any atom is -0.352 e. The summed E-state index contributed by atoms with van der Waals surface area (Å²) in [6.45, 7) is 2.64. The molecule has 0 spiro atoms. The number of nitrogens with zero attached hydrogens (tertiary/aromatic N) is 3. The van der Waals surface area contributed by atoms with E-state index in [2.05, 4.69) is 39.8 Å². The van der Waals surface area contributed by atoms with Crippen LogP contribution in [0.5, 0.6) is 0 Å². The largest absolute Gasteiger partial charge is 0.352 e. The van der Waals surface area contributed by atoms with Gasteiger partial charge in [0.1, 0.15) is 5.01 Å². The third-order valence-electron chi connectivity index (χ3n) is 4.77. The molecular weight excluding hydrogens is 372 g/mol. The zero-order valence-corrected chi connectivity index (χ0v) is 16.3. The molecule has 1 saturated heterocycles. The van der Waals surface area contributed by atoms with E-state index in [1.165, 1.54) is 11.3 Å². The van der Waals surface area contributed by atoms with Gasteiger partial charge in [-0.25, -0.2) is 0 Å². The van der Waals surface area contributed by atoms with Crippen molar-refractivity contribution in [1.29, 1.82) is 0 Å². The molecule has 6 nitrogen and oxygen atoms in total. The summed E-state index contributed by atoms with van der Waals surface area (Å²) in [4.78, 5) is 26.3. The normalized spacial score (nSPS) is 16.4. The number of rotatable bonds is 5. The highest BCUT2D eigenvalue weighted by molar-refractivity contribution is 7.15. The van der Waals surface area contributed by atoms with Gasteiger partial charge in [-0.1, -0.05) is 65.9 Å². The molecule has 1 unspecified atom stereocenters. The van der Waals surface area contributed by atoms with Crippen molar-refractivity contribution < 1.29 is 9.59 Å². The average molecular weight is 392 g/mol. The first kappa shape index (κ1) is 18.3. The van der Waals surface area contributed by atoms with Gasteiger partial charge in [0.05, 0.1) is 5.92 Å². The van der Waals surface area contributed by atoms with Crippen LogP contribution in [0.1, 0.15) is 17.0 Å². The number of amides is 2. The van der Waals surface area contributed by atoms with Crippen LogP contribution in [0.25, 0.3) is 11.1 Å². The monoisotopic (exact) mass is 392 g/mol. The van der Waals surface area contributed by atoms with E-state index in [4.69, 9.17) is 0 Å². The Kier molecular flexibility index (Phi) is 5.16. The van der Waals surface area contributed by atoms with Crippen molar-refractivity contribution in [2.45, 2.75) is 19.9 Å². The fourth-order valence-electron chi connectivity index (χ4n) is 3.24. The van der Waals surface area contributed by atoms with Crippen LogP contribution in [-0.4, -0.2) is 28.6 Å². The van der Waals surface area contributed by atoms with Crippen LogP contribution in [-0.2, 0) is 16.1 Å². The summed E-state index contributed by atoms with van der Waals surface area (Å²) in [6, 6.07) is 18.3. The van der Waals surface area contributed by atoms with Crippen LogP contribution in [0.15, 0.2) is 54.6 Å². The second-order valence-electron chi connectivity index (χ2n) is 6.79. The Hall–Kier alpha value is -3.06. The number of aryl methyl sites for hydroxylation is 1. The number of anilines is 1. The molecule has 2 aromatic carbocycles.